The zero-order chi connectivity index (χ0) is 14.4. The molecule has 4 rings (SSSR count). The van der Waals surface area contributed by atoms with Gasteiger partial charge in [0, 0.05) is 11.5 Å². The fourth-order valence-electron chi connectivity index (χ4n) is 2.43. The number of rotatable bonds is 2. The minimum Gasteiger partial charge on any atom is -0.486 e. The standard InChI is InChI=1S/C15H13BrN2O3/c16-12-13(8-1-2-8)17-14(18-15(12)19)9-3-4-10-11(7-9)21-6-5-20-10/h3-4,7-8H,1-2,5-6H2,(H,17,18,19). The number of aromatic nitrogens is 2. The molecule has 2 aliphatic rings. The van der Waals surface area contributed by atoms with Gasteiger partial charge in [-0.3, -0.25) is 4.79 Å². The van der Waals surface area contributed by atoms with Gasteiger partial charge < -0.3 is 14.5 Å². The lowest BCUT2D eigenvalue weighted by molar-refractivity contribution is 0.171. The third kappa shape index (κ3) is 2.33. The highest BCUT2D eigenvalue weighted by Gasteiger charge is 2.29. The van der Waals surface area contributed by atoms with Crippen LogP contribution in [0.4, 0.5) is 0 Å². The van der Waals surface area contributed by atoms with E-state index in [1.807, 2.05) is 18.2 Å². The van der Waals surface area contributed by atoms with Crippen LogP contribution in [-0.4, -0.2) is 23.2 Å². The second-order valence-electron chi connectivity index (χ2n) is 5.25. The third-order valence-electron chi connectivity index (χ3n) is 3.67. The fourth-order valence-corrected chi connectivity index (χ4v) is 2.94. The predicted octanol–water partition coefficient (Wildman–Crippen LogP) is 2.85. The Morgan fingerprint density at radius 2 is 1.95 bits per heavy atom. The van der Waals surface area contributed by atoms with Crippen LogP contribution >= 0.6 is 15.9 Å². The lowest BCUT2D eigenvalue weighted by atomic mass is 10.1. The molecule has 1 fully saturated rings. The number of benzene rings is 1. The molecular weight excluding hydrogens is 336 g/mol. The largest absolute Gasteiger partial charge is 0.486 e. The van der Waals surface area contributed by atoms with Gasteiger partial charge in [-0.2, -0.15) is 0 Å². The molecule has 2 aromatic rings. The van der Waals surface area contributed by atoms with Crippen LogP contribution in [0.3, 0.4) is 0 Å². The van der Waals surface area contributed by atoms with Crippen molar-refractivity contribution in [3.05, 3.63) is 38.7 Å². The molecule has 0 bridgehead atoms. The van der Waals surface area contributed by atoms with E-state index in [1.54, 1.807) is 0 Å². The monoisotopic (exact) mass is 348 g/mol. The molecular formula is C15H13BrN2O3. The van der Waals surface area contributed by atoms with Gasteiger partial charge in [0.1, 0.15) is 23.5 Å². The number of nitrogens with zero attached hydrogens (tertiary/aromatic N) is 1. The van der Waals surface area contributed by atoms with Gasteiger partial charge in [-0.25, -0.2) is 4.98 Å². The van der Waals surface area contributed by atoms with Crippen LogP contribution in [0.15, 0.2) is 27.5 Å². The van der Waals surface area contributed by atoms with Crippen LogP contribution in [0.1, 0.15) is 24.5 Å². The summed E-state index contributed by atoms with van der Waals surface area (Å²) in [4.78, 5) is 19.5. The predicted molar refractivity (Wildman–Crippen MR) is 81.0 cm³/mol. The van der Waals surface area contributed by atoms with E-state index in [2.05, 4.69) is 25.9 Å². The Hall–Kier alpha value is -1.82. The first-order valence-corrected chi connectivity index (χ1v) is 7.71. The molecule has 0 radical (unpaired) electrons. The van der Waals surface area contributed by atoms with Gasteiger partial charge in [-0.15, -0.1) is 0 Å². The molecule has 2 heterocycles. The first-order chi connectivity index (χ1) is 10.2. The van der Waals surface area contributed by atoms with Gasteiger partial charge in [-0.05, 0) is 47.0 Å². The second kappa shape index (κ2) is 4.87. The first-order valence-electron chi connectivity index (χ1n) is 6.92. The number of nitrogens with one attached hydrogen (secondary N) is 1. The van der Waals surface area contributed by atoms with Crippen molar-refractivity contribution in [3.8, 4) is 22.9 Å². The summed E-state index contributed by atoms with van der Waals surface area (Å²) in [5, 5.41) is 0. The van der Waals surface area contributed by atoms with E-state index >= 15 is 0 Å². The molecule has 108 valence electrons. The van der Waals surface area contributed by atoms with Crippen molar-refractivity contribution < 1.29 is 9.47 Å². The molecule has 0 unspecified atom stereocenters. The average Bonchev–Trinajstić information content (AvgIpc) is 3.34. The lowest BCUT2D eigenvalue weighted by Crippen LogP contribution is -2.16. The molecule has 1 aliphatic heterocycles. The Bertz CT molecular complexity index is 768. The van der Waals surface area contributed by atoms with Crippen LogP contribution in [0.5, 0.6) is 11.5 Å². The SMILES string of the molecule is O=c1[nH]c(-c2ccc3c(c2)OCCO3)nc(C2CC2)c1Br. The van der Waals surface area contributed by atoms with Crippen LogP contribution in [0.25, 0.3) is 11.4 Å². The van der Waals surface area contributed by atoms with E-state index in [4.69, 9.17) is 9.47 Å². The Morgan fingerprint density at radius 1 is 1.19 bits per heavy atom. The molecule has 0 amide bonds. The summed E-state index contributed by atoms with van der Waals surface area (Å²) in [6.45, 7) is 1.10. The van der Waals surface area contributed by atoms with Gasteiger partial charge in [0.25, 0.3) is 5.56 Å². The summed E-state index contributed by atoms with van der Waals surface area (Å²) in [5.74, 6) is 2.39. The van der Waals surface area contributed by atoms with Crippen LogP contribution < -0.4 is 15.0 Å². The topological polar surface area (TPSA) is 64.2 Å². The molecule has 0 spiro atoms. The number of halogens is 1. The number of hydrogen-bond donors (Lipinski definition) is 1. The minimum atomic E-state index is -0.142. The van der Waals surface area contributed by atoms with E-state index < -0.39 is 0 Å². The number of ether oxygens (including phenoxy) is 2. The normalized spacial score (nSPS) is 16.8. The maximum Gasteiger partial charge on any atom is 0.265 e. The summed E-state index contributed by atoms with van der Waals surface area (Å²) in [6, 6.07) is 5.59. The third-order valence-corrected chi connectivity index (χ3v) is 4.43. The van der Waals surface area contributed by atoms with Gasteiger partial charge in [0.15, 0.2) is 11.5 Å². The van der Waals surface area contributed by atoms with Crippen molar-refractivity contribution in [1.82, 2.24) is 9.97 Å². The molecule has 1 aromatic carbocycles. The van der Waals surface area contributed by atoms with Crippen LogP contribution in [0.2, 0.25) is 0 Å². The maximum atomic E-state index is 12.1. The Labute approximate surface area is 129 Å². The van der Waals surface area contributed by atoms with Gasteiger partial charge in [-0.1, -0.05) is 0 Å². The quantitative estimate of drug-likeness (QED) is 0.906. The van der Waals surface area contributed by atoms with Crippen molar-refractivity contribution >= 4 is 15.9 Å². The Kier molecular flexibility index (Phi) is 2.99. The summed E-state index contributed by atoms with van der Waals surface area (Å²) in [5.41, 5.74) is 1.53. The number of H-pyrrole nitrogens is 1. The first kappa shape index (κ1) is 12.9. The van der Waals surface area contributed by atoms with Crippen molar-refractivity contribution in [2.45, 2.75) is 18.8 Å². The summed E-state index contributed by atoms with van der Waals surface area (Å²) >= 11 is 3.34. The second-order valence-corrected chi connectivity index (χ2v) is 6.04. The number of hydrogen-bond acceptors (Lipinski definition) is 4. The van der Waals surface area contributed by atoms with E-state index in [1.165, 1.54) is 0 Å². The zero-order valence-electron chi connectivity index (χ0n) is 11.2. The Balaban J connectivity index is 1.81. The summed E-state index contributed by atoms with van der Waals surface area (Å²) < 4.78 is 11.6. The molecule has 5 nitrogen and oxygen atoms in total. The van der Waals surface area contributed by atoms with Crippen molar-refractivity contribution in [2.24, 2.45) is 0 Å². The highest BCUT2D eigenvalue weighted by molar-refractivity contribution is 9.10. The van der Waals surface area contributed by atoms with Gasteiger partial charge in [0.2, 0.25) is 0 Å². The fraction of sp³-hybridized carbons (Fsp3) is 0.333. The molecule has 1 saturated carbocycles. The average molecular weight is 349 g/mol. The lowest BCUT2D eigenvalue weighted by Gasteiger charge is -2.18. The molecule has 0 atom stereocenters. The minimum absolute atomic E-state index is 0.142. The van der Waals surface area contributed by atoms with Crippen molar-refractivity contribution in [2.75, 3.05) is 13.2 Å². The molecule has 1 aliphatic carbocycles. The van der Waals surface area contributed by atoms with E-state index in [0.717, 1.165) is 29.8 Å². The summed E-state index contributed by atoms with van der Waals surface area (Å²) in [7, 11) is 0. The van der Waals surface area contributed by atoms with Gasteiger partial charge >= 0.3 is 0 Å². The Morgan fingerprint density at radius 3 is 2.71 bits per heavy atom. The van der Waals surface area contributed by atoms with Gasteiger partial charge in [0.05, 0.1) is 5.69 Å². The van der Waals surface area contributed by atoms with E-state index in [0.29, 0.717) is 35.2 Å². The maximum absolute atomic E-state index is 12.1. The molecule has 21 heavy (non-hydrogen) atoms. The van der Waals surface area contributed by atoms with Crippen molar-refractivity contribution in [1.29, 1.82) is 0 Å². The number of fused-ring (bicyclic) bond motifs is 1. The van der Waals surface area contributed by atoms with Crippen LogP contribution in [0, 0.1) is 0 Å². The molecule has 0 saturated heterocycles. The smallest absolute Gasteiger partial charge is 0.265 e. The van der Waals surface area contributed by atoms with Crippen LogP contribution in [-0.2, 0) is 0 Å². The summed E-state index contributed by atoms with van der Waals surface area (Å²) in [6.07, 6.45) is 2.19. The zero-order valence-corrected chi connectivity index (χ0v) is 12.8. The molecule has 6 heteroatoms. The van der Waals surface area contributed by atoms with E-state index in [-0.39, 0.29) is 5.56 Å². The molecule has 1 N–H and O–H groups in total. The van der Waals surface area contributed by atoms with Crippen molar-refractivity contribution in [3.63, 3.8) is 0 Å². The highest BCUT2D eigenvalue weighted by Crippen LogP contribution is 2.42. The number of aromatic amines is 1. The highest BCUT2D eigenvalue weighted by atomic mass is 79.9. The van der Waals surface area contributed by atoms with E-state index in [9.17, 15) is 4.79 Å². The molecule has 1 aromatic heterocycles.